The van der Waals surface area contributed by atoms with Crippen LogP contribution in [-0.4, -0.2) is 16.3 Å². The molecule has 0 atom stereocenters. The summed E-state index contributed by atoms with van der Waals surface area (Å²) in [6, 6.07) is 8.18. The van der Waals surface area contributed by atoms with Crippen LogP contribution in [0.4, 0.5) is 0 Å². The minimum absolute atomic E-state index is 0.622. The summed E-state index contributed by atoms with van der Waals surface area (Å²) in [6.45, 7) is 8.10. The molecule has 1 aromatic heterocycles. The Morgan fingerprint density at radius 2 is 2.20 bits per heavy atom. The zero-order valence-electron chi connectivity index (χ0n) is 12.2. The first-order valence-corrected chi connectivity index (χ1v) is 6.85. The molecule has 0 aliphatic rings. The molecule has 0 fully saturated rings. The summed E-state index contributed by atoms with van der Waals surface area (Å²) in [5.41, 5.74) is 3.68. The monoisotopic (exact) mass is 268 g/mol. The van der Waals surface area contributed by atoms with Crippen LogP contribution in [0.2, 0.25) is 0 Å². The van der Waals surface area contributed by atoms with Gasteiger partial charge in [0, 0.05) is 12.7 Å². The average Bonchev–Trinajstić information content (AvgIpc) is 2.84. The highest BCUT2D eigenvalue weighted by molar-refractivity contribution is 5.50. The molecular weight excluding hydrogens is 248 g/mol. The molecule has 20 heavy (non-hydrogen) atoms. The Morgan fingerprint density at radius 1 is 1.40 bits per heavy atom. The highest BCUT2D eigenvalue weighted by Crippen LogP contribution is 2.16. The predicted octanol–water partition coefficient (Wildman–Crippen LogP) is 2.80. The third-order valence-corrected chi connectivity index (χ3v) is 3.02. The van der Waals surface area contributed by atoms with E-state index in [1.807, 2.05) is 31.3 Å². The quantitative estimate of drug-likeness (QED) is 0.907. The van der Waals surface area contributed by atoms with Gasteiger partial charge < -0.3 is 5.32 Å². The van der Waals surface area contributed by atoms with E-state index in [4.69, 9.17) is 0 Å². The van der Waals surface area contributed by atoms with E-state index >= 15 is 0 Å². The van der Waals surface area contributed by atoms with Crippen LogP contribution >= 0.6 is 0 Å². The minimum Gasteiger partial charge on any atom is -0.312 e. The number of nitrogens with zero attached hydrogens (tertiary/aromatic N) is 3. The topological polar surface area (TPSA) is 53.6 Å². The lowest BCUT2D eigenvalue weighted by molar-refractivity contribution is 0.552. The smallest absolute Gasteiger partial charge is 0.101 e. The Kier molecular flexibility index (Phi) is 4.54. The number of nitrogens with one attached hydrogen (secondary N) is 1. The summed E-state index contributed by atoms with van der Waals surface area (Å²) in [4.78, 5) is 0. The van der Waals surface area contributed by atoms with E-state index in [9.17, 15) is 5.26 Å². The maximum Gasteiger partial charge on any atom is 0.101 e. The van der Waals surface area contributed by atoms with Gasteiger partial charge in [0.15, 0.2) is 0 Å². The van der Waals surface area contributed by atoms with Crippen LogP contribution in [0.25, 0.3) is 5.69 Å². The van der Waals surface area contributed by atoms with Gasteiger partial charge in [0.1, 0.15) is 6.07 Å². The average molecular weight is 268 g/mol. The lowest BCUT2D eigenvalue weighted by Crippen LogP contribution is -2.19. The van der Waals surface area contributed by atoms with Gasteiger partial charge in [-0.1, -0.05) is 19.9 Å². The van der Waals surface area contributed by atoms with Gasteiger partial charge >= 0.3 is 0 Å². The van der Waals surface area contributed by atoms with Gasteiger partial charge in [-0.25, -0.2) is 4.68 Å². The van der Waals surface area contributed by atoms with Crippen molar-refractivity contribution in [2.45, 2.75) is 27.3 Å². The zero-order valence-corrected chi connectivity index (χ0v) is 12.2. The molecule has 0 amide bonds. The van der Waals surface area contributed by atoms with Crippen LogP contribution in [0.1, 0.15) is 30.5 Å². The molecule has 0 unspecified atom stereocenters. The van der Waals surface area contributed by atoms with Gasteiger partial charge in [-0.15, -0.1) is 0 Å². The molecule has 1 aromatic carbocycles. The Morgan fingerprint density at radius 3 is 2.80 bits per heavy atom. The first-order valence-electron chi connectivity index (χ1n) is 6.85. The SMILES string of the molecule is Cc1cnn(-c2ccc(CNCC(C)C)cc2C#N)c1. The Hall–Kier alpha value is -2.12. The fourth-order valence-corrected chi connectivity index (χ4v) is 2.03. The molecule has 0 spiro atoms. The molecule has 1 heterocycles. The van der Waals surface area contributed by atoms with E-state index in [0.29, 0.717) is 11.5 Å². The maximum atomic E-state index is 9.31. The molecule has 104 valence electrons. The maximum absolute atomic E-state index is 9.31. The highest BCUT2D eigenvalue weighted by atomic mass is 15.3. The summed E-state index contributed by atoms with van der Waals surface area (Å²) < 4.78 is 1.75. The summed E-state index contributed by atoms with van der Waals surface area (Å²) >= 11 is 0. The van der Waals surface area contributed by atoms with Crippen LogP contribution in [0.5, 0.6) is 0 Å². The summed E-state index contributed by atoms with van der Waals surface area (Å²) in [7, 11) is 0. The molecule has 0 bridgehead atoms. The van der Waals surface area contributed by atoms with Gasteiger partial charge in [-0.2, -0.15) is 10.4 Å². The van der Waals surface area contributed by atoms with Crippen molar-refractivity contribution < 1.29 is 0 Å². The fraction of sp³-hybridized carbons (Fsp3) is 0.375. The van der Waals surface area contributed by atoms with E-state index in [1.54, 1.807) is 10.9 Å². The molecule has 0 radical (unpaired) electrons. The van der Waals surface area contributed by atoms with Crippen LogP contribution in [0.3, 0.4) is 0 Å². The first-order chi connectivity index (χ1) is 9.60. The van der Waals surface area contributed by atoms with E-state index in [0.717, 1.165) is 29.9 Å². The second-order valence-corrected chi connectivity index (χ2v) is 5.45. The number of hydrogen-bond acceptors (Lipinski definition) is 3. The summed E-state index contributed by atoms with van der Waals surface area (Å²) in [6.07, 6.45) is 3.71. The first kappa shape index (κ1) is 14.3. The largest absolute Gasteiger partial charge is 0.312 e. The van der Waals surface area contributed by atoms with Gasteiger partial charge in [-0.3, -0.25) is 0 Å². The van der Waals surface area contributed by atoms with Gasteiger partial charge in [0.05, 0.1) is 17.4 Å². The van der Waals surface area contributed by atoms with E-state index in [-0.39, 0.29) is 0 Å². The number of aromatic nitrogens is 2. The predicted molar refractivity (Wildman–Crippen MR) is 79.6 cm³/mol. The van der Waals surface area contributed by atoms with Crippen LogP contribution in [0, 0.1) is 24.2 Å². The van der Waals surface area contributed by atoms with Crippen molar-refractivity contribution in [2.75, 3.05) is 6.54 Å². The number of rotatable bonds is 5. The second kappa shape index (κ2) is 6.36. The third kappa shape index (κ3) is 3.46. The van der Waals surface area contributed by atoms with Crippen molar-refractivity contribution in [3.63, 3.8) is 0 Å². The normalized spacial score (nSPS) is 10.8. The van der Waals surface area contributed by atoms with E-state index in [1.165, 1.54) is 0 Å². The van der Waals surface area contributed by atoms with Gasteiger partial charge in [0.25, 0.3) is 0 Å². The number of hydrogen-bond donors (Lipinski definition) is 1. The van der Waals surface area contributed by atoms with E-state index in [2.05, 4.69) is 30.3 Å². The standard InChI is InChI=1S/C16H20N4/c1-12(2)8-18-10-14-4-5-16(15(6-14)7-17)20-11-13(3)9-19-20/h4-6,9,11-12,18H,8,10H2,1-3H3. The van der Waals surface area contributed by atoms with Crippen molar-refractivity contribution in [3.8, 4) is 11.8 Å². The van der Waals surface area contributed by atoms with Crippen LogP contribution in [0.15, 0.2) is 30.6 Å². The number of benzene rings is 1. The fourth-order valence-electron chi connectivity index (χ4n) is 2.03. The Labute approximate surface area is 120 Å². The molecular formula is C16H20N4. The molecule has 0 saturated carbocycles. The molecule has 4 heteroatoms. The van der Waals surface area contributed by atoms with Gasteiger partial charge in [0.2, 0.25) is 0 Å². The summed E-state index contributed by atoms with van der Waals surface area (Å²) in [5.74, 6) is 0.622. The number of nitriles is 1. The third-order valence-electron chi connectivity index (χ3n) is 3.02. The molecule has 1 N–H and O–H groups in total. The lowest BCUT2D eigenvalue weighted by atomic mass is 10.1. The van der Waals surface area contributed by atoms with E-state index < -0.39 is 0 Å². The molecule has 2 rings (SSSR count). The summed E-state index contributed by atoms with van der Waals surface area (Å²) in [5, 5.41) is 17.0. The minimum atomic E-state index is 0.622. The van der Waals surface area contributed by atoms with Crippen molar-refractivity contribution in [2.24, 2.45) is 5.92 Å². The second-order valence-electron chi connectivity index (χ2n) is 5.45. The van der Waals surface area contributed by atoms with Crippen molar-refractivity contribution in [1.82, 2.24) is 15.1 Å². The highest BCUT2D eigenvalue weighted by Gasteiger charge is 2.07. The van der Waals surface area contributed by atoms with Crippen LogP contribution < -0.4 is 5.32 Å². The van der Waals surface area contributed by atoms with Crippen molar-refractivity contribution in [1.29, 1.82) is 5.26 Å². The Bertz CT molecular complexity index is 620. The molecule has 4 nitrogen and oxygen atoms in total. The number of aryl methyl sites for hydroxylation is 1. The lowest BCUT2D eigenvalue weighted by Gasteiger charge is -2.09. The molecule has 0 aliphatic heterocycles. The molecule has 0 aliphatic carbocycles. The zero-order chi connectivity index (χ0) is 14.5. The molecule has 2 aromatic rings. The van der Waals surface area contributed by atoms with Crippen molar-refractivity contribution >= 4 is 0 Å². The van der Waals surface area contributed by atoms with Crippen LogP contribution in [-0.2, 0) is 6.54 Å². The van der Waals surface area contributed by atoms with Crippen molar-refractivity contribution in [3.05, 3.63) is 47.3 Å². The Balaban J connectivity index is 2.18. The van der Waals surface area contributed by atoms with Gasteiger partial charge in [-0.05, 0) is 42.6 Å². The molecule has 0 saturated heterocycles.